The summed E-state index contributed by atoms with van der Waals surface area (Å²) in [6, 6.07) is 1.56. The molecule has 1 unspecified atom stereocenters. The molecule has 0 aromatic heterocycles. The van der Waals surface area contributed by atoms with E-state index in [1.807, 2.05) is 52.8 Å². The predicted octanol–water partition coefficient (Wildman–Crippen LogP) is 4.07. The zero-order valence-corrected chi connectivity index (χ0v) is 61.8. The summed E-state index contributed by atoms with van der Waals surface area (Å²) in [7, 11) is 10.0. The van der Waals surface area contributed by atoms with Crippen LogP contribution in [0.3, 0.4) is 0 Å². The van der Waals surface area contributed by atoms with Crippen molar-refractivity contribution in [1.82, 2.24) is 60.5 Å². The molecule has 4 N–H and O–H groups in total. The number of likely N-dealkylation sites (tertiary alicyclic amines) is 1. The van der Waals surface area contributed by atoms with Crippen molar-refractivity contribution < 1.29 is 62.3 Å². The lowest BCUT2D eigenvalue weighted by Crippen LogP contribution is -2.65. The fraction of sp³-hybridized carbons (Fsp3) is 0.657. The van der Waals surface area contributed by atoms with Crippen molar-refractivity contribution >= 4 is 93.5 Å². The van der Waals surface area contributed by atoms with Gasteiger partial charge >= 0.3 is 0 Å². The number of unbranched alkanes of at least 4 members (excludes halogenated alkanes) is 1. The van der Waals surface area contributed by atoms with E-state index in [-0.39, 0.29) is 51.0 Å². The fourth-order valence-corrected chi connectivity index (χ4v) is 12.9. The van der Waals surface area contributed by atoms with E-state index < -0.39 is 150 Å². The van der Waals surface area contributed by atoms with E-state index in [1.165, 1.54) is 99.6 Å². The molecule has 0 spiro atoms. The Kier molecular flexibility index (Phi) is 29.5. The summed E-state index contributed by atoms with van der Waals surface area (Å²) >= 11 is 2.15. The van der Waals surface area contributed by atoms with Gasteiger partial charge in [-0.05, 0) is 148 Å². The number of rotatable bonds is 14. The third kappa shape index (κ3) is 19.9. The number of piperidine rings is 1. The Balaban J connectivity index is 1.63. The predicted molar refractivity (Wildman–Crippen MR) is 372 cm³/mol. The number of likely N-dealkylation sites (N-methyl/N-ethyl adjacent to an activating group) is 6. The van der Waals surface area contributed by atoms with Crippen LogP contribution in [0.15, 0.2) is 42.5 Å². The highest BCUT2D eigenvalue weighted by Gasteiger charge is 2.47. The summed E-state index contributed by atoms with van der Waals surface area (Å²) in [5.41, 5.74) is 0.481. The second-order valence-electron chi connectivity index (χ2n) is 27.2. The van der Waals surface area contributed by atoms with Crippen molar-refractivity contribution in [2.45, 2.75) is 213 Å². The van der Waals surface area contributed by atoms with Gasteiger partial charge in [0.2, 0.25) is 70.9 Å². The van der Waals surface area contributed by atoms with Gasteiger partial charge < -0.3 is 65.2 Å². The monoisotopic (exact) mass is 1450 g/mol. The van der Waals surface area contributed by atoms with Crippen LogP contribution in [-0.4, -0.2) is 246 Å². The topological polar surface area (TPSA) is 288 Å². The molecule has 25 nitrogen and oxygen atoms in total. The average Bonchev–Trinajstić information content (AvgIpc) is 0.837. The number of fused-ring (bicyclic) bond motifs is 1. The standard InChI is InChI=1S/C70H107IN12O13/c1-18-21-25-50-64(90)81(16)70(9,10)69(95)74-52(36-42(4)5)63(89)79(14)56(67(93)82-33-23-22-24-34-82)40-58(85)78(13)53(20-3)61(87)75-59(43(6)19-2)68(94)77(12)45(8)62(88)83-35-32-54(83)66(92)80(15)55(37-46-27-30-49(96-17)31-28-46)65(91)76(11)41-57(84)72-51(60(86)73-50)39-47-38-48(71)29-26-44(47)7/h26-31,38,42-43,45,50-56,59H,18-25,32-37,39-41H2,1-17H3,(H,72,84)(H,73,86)(H,74,95)(H,75,87)/t43-,45-,50-,51-,52-,53-,54?,55-,56-,59-/m0/s1. The minimum Gasteiger partial charge on any atom is -0.497 e. The normalized spacial score (nSPS) is 25.6. The first kappa shape index (κ1) is 79.3. The van der Waals surface area contributed by atoms with Gasteiger partial charge in [-0.3, -0.25) is 57.5 Å². The van der Waals surface area contributed by atoms with Gasteiger partial charge in [0.05, 0.1) is 20.1 Å². The number of benzene rings is 2. The molecular weight excluding hydrogens is 1340 g/mol. The Bertz CT molecular complexity index is 3120. The van der Waals surface area contributed by atoms with Gasteiger partial charge in [0, 0.05) is 78.3 Å². The molecule has 2 aromatic carbocycles. The quantitative estimate of drug-likeness (QED) is 0.194. The number of ether oxygens (including phenoxy) is 1. The van der Waals surface area contributed by atoms with E-state index >= 15 is 4.79 Å². The van der Waals surface area contributed by atoms with Crippen LogP contribution in [0.5, 0.6) is 5.75 Å². The highest BCUT2D eigenvalue weighted by Crippen LogP contribution is 2.27. The van der Waals surface area contributed by atoms with Crippen LogP contribution < -0.4 is 26.0 Å². The van der Waals surface area contributed by atoms with Crippen molar-refractivity contribution in [2.24, 2.45) is 11.8 Å². The van der Waals surface area contributed by atoms with Gasteiger partial charge in [0.1, 0.15) is 65.7 Å². The van der Waals surface area contributed by atoms with Crippen LogP contribution in [0.1, 0.15) is 150 Å². The van der Waals surface area contributed by atoms with Crippen molar-refractivity contribution in [3.8, 4) is 5.75 Å². The summed E-state index contributed by atoms with van der Waals surface area (Å²) in [4.78, 5) is 188. The molecule has 3 fully saturated rings. The van der Waals surface area contributed by atoms with E-state index in [0.717, 1.165) is 20.5 Å². The zero-order chi connectivity index (χ0) is 71.8. The minimum atomic E-state index is -1.69. The summed E-state index contributed by atoms with van der Waals surface area (Å²) in [6.07, 6.45) is 3.70. The fourth-order valence-electron chi connectivity index (χ4n) is 12.4. The Morgan fingerprint density at radius 1 is 0.677 bits per heavy atom. The second kappa shape index (κ2) is 35.7. The molecule has 0 aliphatic carbocycles. The molecule has 2 aromatic rings. The summed E-state index contributed by atoms with van der Waals surface area (Å²) in [6.45, 7) is 17.7. The van der Waals surface area contributed by atoms with Crippen LogP contribution in [0.4, 0.5) is 0 Å². The molecular formula is C70H107IN12O13. The number of carbonyl (C=O) groups excluding carboxylic acids is 12. The van der Waals surface area contributed by atoms with Crippen LogP contribution in [0.2, 0.25) is 0 Å². The Morgan fingerprint density at radius 3 is 1.90 bits per heavy atom. The van der Waals surface area contributed by atoms with Gasteiger partial charge in [-0.1, -0.05) is 79.0 Å². The number of halogens is 1. The first-order chi connectivity index (χ1) is 45.1. The molecule has 26 heteroatoms. The summed E-state index contributed by atoms with van der Waals surface area (Å²) in [5.74, 6) is -7.88. The van der Waals surface area contributed by atoms with Crippen molar-refractivity contribution in [3.63, 3.8) is 0 Å². The number of hydrogen-bond acceptors (Lipinski definition) is 13. The molecule has 3 aliphatic heterocycles. The summed E-state index contributed by atoms with van der Waals surface area (Å²) in [5, 5.41) is 11.5. The highest BCUT2D eigenvalue weighted by molar-refractivity contribution is 14.1. The number of nitrogens with zero attached hydrogens (tertiary/aromatic N) is 8. The van der Waals surface area contributed by atoms with E-state index in [2.05, 4.69) is 43.9 Å². The lowest BCUT2D eigenvalue weighted by molar-refractivity contribution is -0.160. The number of hydrogen-bond donors (Lipinski definition) is 4. The lowest BCUT2D eigenvalue weighted by Gasteiger charge is -2.45. The van der Waals surface area contributed by atoms with Crippen LogP contribution >= 0.6 is 22.6 Å². The zero-order valence-electron chi connectivity index (χ0n) is 59.7. The Hall–Kier alpha value is -7.39. The molecule has 10 atom stereocenters. The van der Waals surface area contributed by atoms with E-state index in [4.69, 9.17) is 4.74 Å². The molecule has 0 bridgehead atoms. The van der Waals surface area contributed by atoms with Crippen molar-refractivity contribution in [3.05, 3.63) is 62.7 Å². The van der Waals surface area contributed by atoms with Crippen LogP contribution in [0, 0.1) is 22.3 Å². The number of aryl methyl sites for hydroxylation is 1. The maximum Gasteiger partial charge on any atom is 0.246 e. The molecule has 532 valence electrons. The maximum atomic E-state index is 15.1. The Morgan fingerprint density at radius 2 is 1.32 bits per heavy atom. The molecule has 3 heterocycles. The minimum absolute atomic E-state index is 0.0269. The Labute approximate surface area is 581 Å². The van der Waals surface area contributed by atoms with Crippen LogP contribution in [0.25, 0.3) is 0 Å². The number of methoxy groups -OCH3 is 1. The molecule has 5 rings (SSSR count). The van der Waals surface area contributed by atoms with Gasteiger partial charge in [0.25, 0.3) is 0 Å². The molecule has 96 heavy (non-hydrogen) atoms. The summed E-state index contributed by atoms with van der Waals surface area (Å²) < 4.78 is 6.24. The number of amides is 12. The molecule has 3 aliphatic rings. The van der Waals surface area contributed by atoms with Crippen molar-refractivity contribution in [1.29, 1.82) is 0 Å². The van der Waals surface area contributed by atoms with E-state index in [9.17, 15) is 52.7 Å². The molecule has 3 saturated heterocycles. The highest BCUT2D eigenvalue weighted by atomic mass is 127. The van der Waals surface area contributed by atoms with Crippen LogP contribution in [-0.2, 0) is 70.4 Å². The first-order valence-electron chi connectivity index (χ1n) is 33.9. The SMILES string of the molecule is CCCC[C@@H]1NC(=O)[C@H](Cc2cc(I)ccc2C)NC(=O)CN(C)C(=O)[C@H](Cc2ccc(OC)cc2)N(C)C(=O)C2CCN2C(=O)[C@H](C)N(C)C(=O)[C@H]([C@@H](C)CC)NC(=O)[C@H](CC)N(C)C(=O)C[C@@H](C(=O)N2CCCCC2)N(C)C(=O)[C@H](CC(C)C)NC(=O)C(C)(C)N(C)C1=O. The van der Waals surface area contributed by atoms with Crippen molar-refractivity contribution in [2.75, 3.05) is 75.6 Å². The number of nitrogens with one attached hydrogen (secondary N) is 4. The molecule has 0 saturated carbocycles. The first-order valence-corrected chi connectivity index (χ1v) is 35.0. The van der Waals surface area contributed by atoms with Gasteiger partial charge in [-0.25, -0.2) is 0 Å². The third-order valence-electron chi connectivity index (χ3n) is 19.7. The molecule has 12 amide bonds. The second-order valence-corrected chi connectivity index (χ2v) is 28.5. The third-order valence-corrected chi connectivity index (χ3v) is 20.3. The number of carbonyl (C=O) groups is 12. The van der Waals surface area contributed by atoms with Gasteiger partial charge in [-0.15, -0.1) is 0 Å². The average molecular weight is 1450 g/mol. The van der Waals surface area contributed by atoms with Gasteiger partial charge in [0.15, 0.2) is 0 Å². The molecule has 0 radical (unpaired) electrons. The lowest BCUT2D eigenvalue weighted by atomic mass is 9.95. The largest absolute Gasteiger partial charge is 0.497 e. The smallest absolute Gasteiger partial charge is 0.246 e. The van der Waals surface area contributed by atoms with E-state index in [0.29, 0.717) is 62.1 Å². The van der Waals surface area contributed by atoms with E-state index in [1.54, 1.807) is 43.0 Å². The maximum absolute atomic E-state index is 15.1. The van der Waals surface area contributed by atoms with Gasteiger partial charge in [-0.2, -0.15) is 0 Å².